The van der Waals surface area contributed by atoms with Gasteiger partial charge in [0.15, 0.2) is 0 Å². The third-order valence-corrected chi connectivity index (χ3v) is 4.35. The Morgan fingerprint density at radius 3 is 2.90 bits per heavy atom. The molecule has 1 aromatic heterocycles. The van der Waals surface area contributed by atoms with Crippen LogP contribution in [0.25, 0.3) is 0 Å². The van der Waals surface area contributed by atoms with Gasteiger partial charge in [-0.25, -0.2) is 0 Å². The first kappa shape index (κ1) is 14.0. The summed E-state index contributed by atoms with van der Waals surface area (Å²) in [5, 5.41) is 0. The summed E-state index contributed by atoms with van der Waals surface area (Å²) in [5.74, 6) is 0.764. The maximum absolute atomic E-state index is 5.49. The van der Waals surface area contributed by atoms with Crippen molar-refractivity contribution in [2.45, 2.75) is 19.4 Å². The lowest BCUT2D eigenvalue weighted by Gasteiger charge is -2.23. The normalized spacial score (nSPS) is 25.7. The van der Waals surface area contributed by atoms with Crippen LogP contribution in [0.15, 0.2) is 24.5 Å². The average Bonchev–Trinajstić information content (AvgIpc) is 2.88. The predicted molar refractivity (Wildman–Crippen MR) is 79.5 cm³/mol. The molecule has 0 N–H and O–H groups in total. The third kappa shape index (κ3) is 4.01. The molecule has 0 amide bonds. The van der Waals surface area contributed by atoms with Crippen LogP contribution in [0.5, 0.6) is 0 Å². The van der Waals surface area contributed by atoms with Gasteiger partial charge in [0.1, 0.15) is 0 Å². The van der Waals surface area contributed by atoms with Gasteiger partial charge in [-0.15, -0.1) is 0 Å². The van der Waals surface area contributed by atoms with Gasteiger partial charge in [-0.05, 0) is 43.5 Å². The Kier molecular flexibility index (Phi) is 5.01. The van der Waals surface area contributed by atoms with Crippen molar-refractivity contribution in [3.8, 4) is 0 Å². The molecular weight excluding hydrogens is 250 g/mol. The van der Waals surface area contributed by atoms with E-state index in [1.165, 1.54) is 51.1 Å². The van der Waals surface area contributed by atoms with Crippen LogP contribution in [0, 0.1) is 5.92 Å². The molecule has 2 saturated heterocycles. The van der Waals surface area contributed by atoms with E-state index in [4.69, 9.17) is 4.74 Å². The molecule has 4 heteroatoms. The highest BCUT2D eigenvalue weighted by molar-refractivity contribution is 5.08. The lowest BCUT2D eigenvalue weighted by molar-refractivity contribution is 0.167. The minimum absolute atomic E-state index is 0.764. The molecule has 2 fully saturated rings. The van der Waals surface area contributed by atoms with E-state index in [1.807, 2.05) is 18.5 Å². The Bertz CT molecular complexity index is 392. The van der Waals surface area contributed by atoms with Crippen LogP contribution in [-0.2, 0) is 11.3 Å². The Morgan fingerprint density at radius 2 is 2.10 bits per heavy atom. The van der Waals surface area contributed by atoms with E-state index in [1.54, 1.807) is 0 Å². The van der Waals surface area contributed by atoms with Crippen molar-refractivity contribution < 1.29 is 4.74 Å². The van der Waals surface area contributed by atoms with Crippen LogP contribution in [0.4, 0.5) is 0 Å². The monoisotopic (exact) mass is 275 g/mol. The maximum atomic E-state index is 5.49. The highest BCUT2D eigenvalue weighted by atomic mass is 16.5. The maximum Gasteiger partial charge on any atom is 0.0507 e. The highest BCUT2D eigenvalue weighted by Gasteiger charge is 2.21. The smallest absolute Gasteiger partial charge is 0.0507 e. The number of hydrogen-bond acceptors (Lipinski definition) is 4. The van der Waals surface area contributed by atoms with Crippen LogP contribution >= 0.6 is 0 Å². The van der Waals surface area contributed by atoms with Crippen LogP contribution < -0.4 is 0 Å². The fraction of sp³-hybridized carbons (Fsp3) is 0.688. The quantitative estimate of drug-likeness (QED) is 0.835. The fourth-order valence-corrected chi connectivity index (χ4v) is 3.21. The second-order valence-corrected chi connectivity index (χ2v) is 6.02. The fourth-order valence-electron chi connectivity index (χ4n) is 3.21. The number of aromatic nitrogens is 1. The van der Waals surface area contributed by atoms with Gasteiger partial charge in [0.2, 0.25) is 0 Å². The zero-order valence-corrected chi connectivity index (χ0v) is 12.2. The van der Waals surface area contributed by atoms with Crippen molar-refractivity contribution in [2.75, 3.05) is 45.9 Å². The highest BCUT2D eigenvalue weighted by Crippen LogP contribution is 2.15. The largest absolute Gasteiger partial charge is 0.381 e. The second-order valence-electron chi connectivity index (χ2n) is 6.02. The molecule has 20 heavy (non-hydrogen) atoms. The molecule has 3 heterocycles. The summed E-state index contributed by atoms with van der Waals surface area (Å²) in [6.45, 7) is 8.99. The minimum atomic E-state index is 0.764. The summed E-state index contributed by atoms with van der Waals surface area (Å²) < 4.78 is 5.49. The van der Waals surface area contributed by atoms with E-state index in [0.29, 0.717) is 0 Å². The molecule has 3 rings (SSSR count). The van der Waals surface area contributed by atoms with Crippen molar-refractivity contribution >= 4 is 0 Å². The molecular formula is C16H25N3O. The molecule has 0 aromatic carbocycles. The minimum Gasteiger partial charge on any atom is -0.381 e. The topological polar surface area (TPSA) is 28.6 Å². The SMILES string of the molecule is c1cncc(CN2CCCN(CC3CCOC3)CC2)c1. The van der Waals surface area contributed by atoms with Gasteiger partial charge in [0, 0.05) is 45.2 Å². The number of rotatable bonds is 4. The summed E-state index contributed by atoms with van der Waals surface area (Å²) in [7, 11) is 0. The molecule has 1 atom stereocenters. The van der Waals surface area contributed by atoms with E-state index in [-0.39, 0.29) is 0 Å². The third-order valence-electron chi connectivity index (χ3n) is 4.35. The molecule has 0 radical (unpaired) electrons. The van der Waals surface area contributed by atoms with E-state index >= 15 is 0 Å². The summed E-state index contributed by atoms with van der Waals surface area (Å²) in [6, 6.07) is 4.20. The van der Waals surface area contributed by atoms with Crippen molar-refractivity contribution in [3.05, 3.63) is 30.1 Å². The number of nitrogens with zero attached hydrogens (tertiary/aromatic N) is 3. The first-order chi connectivity index (χ1) is 9.90. The van der Waals surface area contributed by atoms with Crippen molar-refractivity contribution in [1.29, 1.82) is 0 Å². The molecule has 0 spiro atoms. The molecule has 2 aliphatic rings. The van der Waals surface area contributed by atoms with E-state index in [9.17, 15) is 0 Å². The van der Waals surface area contributed by atoms with Crippen molar-refractivity contribution in [1.82, 2.24) is 14.8 Å². The number of hydrogen-bond donors (Lipinski definition) is 0. The Morgan fingerprint density at radius 1 is 1.20 bits per heavy atom. The summed E-state index contributed by atoms with van der Waals surface area (Å²) >= 11 is 0. The van der Waals surface area contributed by atoms with Gasteiger partial charge < -0.3 is 9.64 Å². The van der Waals surface area contributed by atoms with Crippen LogP contribution in [-0.4, -0.2) is 60.7 Å². The Hall–Kier alpha value is -0.970. The summed E-state index contributed by atoms with van der Waals surface area (Å²) in [6.07, 6.45) is 6.35. The first-order valence-electron chi connectivity index (χ1n) is 7.81. The molecule has 110 valence electrons. The Labute approximate surface area is 121 Å². The molecule has 0 aliphatic carbocycles. The Balaban J connectivity index is 1.46. The average molecular weight is 275 g/mol. The van der Waals surface area contributed by atoms with Gasteiger partial charge in [-0.1, -0.05) is 6.07 Å². The zero-order valence-electron chi connectivity index (χ0n) is 12.2. The molecule has 4 nitrogen and oxygen atoms in total. The van der Waals surface area contributed by atoms with Crippen LogP contribution in [0.1, 0.15) is 18.4 Å². The summed E-state index contributed by atoms with van der Waals surface area (Å²) in [5.41, 5.74) is 1.32. The van der Waals surface area contributed by atoms with E-state index in [2.05, 4.69) is 20.9 Å². The van der Waals surface area contributed by atoms with Gasteiger partial charge in [0.25, 0.3) is 0 Å². The van der Waals surface area contributed by atoms with Crippen molar-refractivity contribution in [2.24, 2.45) is 5.92 Å². The van der Waals surface area contributed by atoms with Gasteiger partial charge in [0.05, 0.1) is 6.61 Å². The molecule has 0 bridgehead atoms. The van der Waals surface area contributed by atoms with Gasteiger partial charge >= 0.3 is 0 Å². The molecule has 1 aromatic rings. The molecule has 0 saturated carbocycles. The number of pyridine rings is 1. The van der Waals surface area contributed by atoms with E-state index in [0.717, 1.165) is 25.7 Å². The van der Waals surface area contributed by atoms with Gasteiger partial charge in [-0.3, -0.25) is 9.88 Å². The first-order valence-corrected chi connectivity index (χ1v) is 7.81. The van der Waals surface area contributed by atoms with E-state index < -0.39 is 0 Å². The number of ether oxygens (including phenoxy) is 1. The second kappa shape index (κ2) is 7.16. The van der Waals surface area contributed by atoms with Crippen molar-refractivity contribution in [3.63, 3.8) is 0 Å². The predicted octanol–water partition coefficient (Wildman–Crippen LogP) is 1.63. The van der Waals surface area contributed by atoms with Crippen LogP contribution in [0.2, 0.25) is 0 Å². The zero-order chi connectivity index (χ0) is 13.6. The molecule has 1 unspecified atom stereocenters. The molecule has 2 aliphatic heterocycles. The lowest BCUT2D eigenvalue weighted by Crippen LogP contribution is -2.34. The standard InChI is InChI=1S/C16H25N3O/c1-3-15(11-17-5-1)12-18-6-2-7-19(9-8-18)13-16-4-10-20-14-16/h1,3,5,11,16H,2,4,6-10,12-14H2. The van der Waals surface area contributed by atoms with Gasteiger partial charge in [-0.2, -0.15) is 0 Å². The summed E-state index contributed by atoms with van der Waals surface area (Å²) in [4.78, 5) is 9.39. The van der Waals surface area contributed by atoms with Crippen LogP contribution in [0.3, 0.4) is 0 Å². The lowest BCUT2D eigenvalue weighted by atomic mass is 10.1.